The Morgan fingerprint density at radius 2 is 1.89 bits per heavy atom. The van der Waals surface area contributed by atoms with Gasteiger partial charge in [-0.2, -0.15) is 0 Å². The van der Waals surface area contributed by atoms with Gasteiger partial charge in [0.1, 0.15) is 5.82 Å². The lowest BCUT2D eigenvalue weighted by Crippen LogP contribution is -2.13. The first kappa shape index (κ1) is 12.6. The highest BCUT2D eigenvalue weighted by molar-refractivity contribution is 5.62. The third-order valence-corrected chi connectivity index (χ3v) is 3.09. The van der Waals surface area contributed by atoms with Gasteiger partial charge in [-0.15, -0.1) is 0 Å². The van der Waals surface area contributed by atoms with Crippen LogP contribution in [0.1, 0.15) is 18.1 Å². The Balaban J connectivity index is 2.31. The van der Waals surface area contributed by atoms with Crippen molar-refractivity contribution in [2.45, 2.75) is 20.0 Å². The fraction of sp³-hybridized carbons (Fsp3) is 0.267. The second kappa shape index (κ2) is 5.65. The topological polar surface area (TPSA) is 36.4 Å². The Morgan fingerprint density at radius 3 is 2.50 bits per heavy atom. The first-order valence-corrected chi connectivity index (χ1v) is 6.13. The molecule has 3 nitrogen and oxygen atoms in total. The van der Waals surface area contributed by atoms with Gasteiger partial charge in [0.05, 0.1) is 6.61 Å². The summed E-state index contributed by atoms with van der Waals surface area (Å²) < 4.78 is 0. The molecule has 1 heterocycles. The molecule has 3 heteroatoms. The van der Waals surface area contributed by atoms with E-state index in [1.54, 1.807) is 6.20 Å². The molecule has 0 fully saturated rings. The fourth-order valence-corrected chi connectivity index (χ4v) is 1.93. The monoisotopic (exact) mass is 242 g/mol. The second-order valence-electron chi connectivity index (χ2n) is 4.22. The van der Waals surface area contributed by atoms with E-state index in [9.17, 15) is 5.11 Å². The molecule has 0 amide bonds. The maximum Gasteiger partial charge on any atom is 0.138 e. The lowest BCUT2D eigenvalue weighted by Gasteiger charge is -2.20. The average molecular weight is 242 g/mol. The van der Waals surface area contributed by atoms with Crippen LogP contribution >= 0.6 is 0 Å². The molecule has 0 radical (unpaired) electrons. The van der Waals surface area contributed by atoms with E-state index >= 15 is 0 Å². The van der Waals surface area contributed by atoms with Crippen molar-refractivity contribution in [1.29, 1.82) is 0 Å². The van der Waals surface area contributed by atoms with Crippen molar-refractivity contribution < 1.29 is 5.11 Å². The number of hydrogen-bond acceptors (Lipinski definition) is 3. The molecule has 1 aromatic carbocycles. The van der Waals surface area contributed by atoms with E-state index in [-0.39, 0.29) is 6.61 Å². The number of aliphatic hydroxyl groups excluding tert-OH is 1. The molecule has 0 bridgehead atoms. The van der Waals surface area contributed by atoms with Crippen LogP contribution in [-0.2, 0) is 13.0 Å². The Bertz CT molecular complexity index is 508. The molecule has 94 valence electrons. The summed E-state index contributed by atoms with van der Waals surface area (Å²) >= 11 is 0. The smallest absolute Gasteiger partial charge is 0.138 e. The van der Waals surface area contributed by atoms with Crippen LogP contribution in [0.2, 0.25) is 0 Å². The number of aryl methyl sites for hydroxylation is 1. The molecule has 0 saturated carbocycles. The van der Waals surface area contributed by atoms with Crippen LogP contribution in [0.5, 0.6) is 0 Å². The van der Waals surface area contributed by atoms with Crippen molar-refractivity contribution >= 4 is 11.5 Å². The van der Waals surface area contributed by atoms with Gasteiger partial charge >= 0.3 is 0 Å². The summed E-state index contributed by atoms with van der Waals surface area (Å²) in [6.07, 6.45) is 2.78. The first-order chi connectivity index (χ1) is 8.76. The molecule has 0 aliphatic heterocycles. The van der Waals surface area contributed by atoms with Gasteiger partial charge < -0.3 is 10.0 Å². The van der Waals surface area contributed by atoms with Gasteiger partial charge in [0, 0.05) is 24.5 Å². The Kier molecular flexibility index (Phi) is 3.95. The molecule has 0 spiro atoms. The highest BCUT2D eigenvalue weighted by Crippen LogP contribution is 2.25. The maximum atomic E-state index is 9.33. The Hall–Kier alpha value is -1.87. The number of aliphatic hydroxyl groups is 1. The van der Waals surface area contributed by atoms with Crippen LogP contribution < -0.4 is 4.90 Å². The second-order valence-corrected chi connectivity index (χ2v) is 4.22. The predicted octanol–water partition coefficient (Wildman–Crippen LogP) is 2.90. The summed E-state index contributed by atoms with van der Waals surface area (Å²) in [5, 5.41) is 9.33. The summed E-state index contributed by atoms with van der Waals surface area (Å²) in [7, 11) is 1.96. The third kappa shape index (κ3) is 2.51. The summed E-state index contributed by atoms with van der Waals surface area (Å²) in [5.74, 6) is 0.796. The van der Waals surface area contributed by atoms with E-state index in [1.165, 1.54) is 5.56 Å². The van der Waals surface area contributed by atoms with Crippen molar-refractivity contribution in [3.63, 3.8) is 0 Å². The number of rotatable bonds is 4. The average Bonchev–Trinajstić information content (AvgIpc) is 2.46. The van der Waals surface area contributed by atoms with Gasteiger partial charge in [-0.25, -0.2) is 4.98 Å². The normalized spacial score (nSPS) is 10.4. The molecule has 0 aliphatic rings. The molecular formula is C15H18N2O. The number of hydrogen-bond donors (Lipinski definition) is 1. The van der Waals surface area contributed by atoms with Crippen LogP contribution in [0.3, 0.4) is 0 Å². The lowest BCUT2D eigenvalue weighted by atomic mass is 10.1. The van der Waals surface area contributed by atoms with Crippen LogP contribution in [0.15, 0.2) is 42.6 Å². The highest BCUT2D eigenvalue weighted by atomic mass is 16.3. The van der Waals surface area contributed by atoms with Gasteiger partial charge in [-0.3, -0.25) is 0 Å². The van der Waals surface area contributed by atoms with Gasteiger partial charge in [-0.05, 0) is 30.2 Å². The van der Waals surface area contributed by atoms with Crippen LogP contribution in [-0.4, -0.2) is 17.1 Å². The summed E-state index contributed by atoms with van der Waals surface area (Å²) in [6, 6.07) is 12.1. The van der Waals surface area contributed by atoms with Crippen LogP contribution in [0.4, 0.5) is 11.5 Å². The van der Waals surface area contributed by atoms with Crippen molar-refractivity contribution in [2.24, 2.45) is 0 Å². The minimum Gasteiger partial charge on any atom is -0.392 e. The Morgan fingerprint density at radius 1 is 1.17 bits per heavy atom. The van der Waals surface area contributed by atoms with Gasteiger partial charge in [0.25, 0.3) is 0 Å². The molecule has 0 unspecified atom stereocenters. The molecule has 2 aromatic rings. The zero-order valence-corrected chi connectivity index (χ0v) is 10.8. The molecule has 0 aliphatic carbocycles. The summed E-state index contributed by atoms with van der Waals surface area (Å²) in [6.45, 7) is 2.14. The van der Waals surface area contributed by atoms with Crippen LogP contribution in [0.25, 0.3) is 0 Å². The van der Waals surface area contributed by atoms with E-state index in [4.69, 9.17) is 0 Å². The van der Waals surface area contributed by atoms with Gasteiger partial charge in [0.2, 0.25) is 0 Å². The van der Waals surface area contributed by atoms with E-state index in [1.807, 2.05) is 24.1 Å². The third-order valence-electron chi connectivity index (χ3n) is 3.09. The highest BCUT2D eigenvalue weighted by Gasteiger charge is 2.09. The molecule has 0 saturated heterocycles. The van der Waals surface area contributed by atoms with Crippen LogP contribution in [0, 0.1) is 0 Å². The van der Waals surface area contributed by atoms with Gasteiger partial charge in [0.15, 0.2) is 0 Å². The zero-order valence-electron chi connectivity index (χ0n) is 10.8. The number of aromatic nitrogens is 1. The lowest BCUT2D eigenvalue weighted by molar-refractivity contribution is 0.282. The van der Waals surface area contributed by atoms with E-state index in [0.717, 1.165) is 23.5 Å². The minimum absolute atomic E-state index is 0.000552. The molecule has 18 heavy (non-hydrogen) atoms. The standard InChI is InChI=1S/C15H18N2O/c1-3-12-6-8-14(9-7-12)17(2)15-13(11-18)5-4-10-16-15/h4-10,18H,3,11H2,1-2H3. The van der Waals surface area contributed by atoms with Crippen molar-refractivity contribution in [2.75, 3.05) is 11.9 Å². The predicted molar refractivity (Wildman–Crippen MR) is 74.0 cm³/mol. The number of anilines is 2. The van der Waals surface area contributed by atoms with Crippen molar-refractivity contribution in [3.05, 3.63) is 53.7 Å². The molecule has 0 atom stereocenters. The molecule has 1 aromatic heterocycles. The quantitative estimate of drug-likeness (QED) is 0.895. The van der Waals surface area contributed by atoms with Gasteiger partial charge in [-0.1, -0.05) is 25.1 Å². The minimum atomic E-state index is 0.000552. The molecule has 1 N–H and O–H groups in total. The van der Waals surface area contributed by atoms with E-state index < -0.39 is 0 Å². The van der Waals surface area contributed by atoms with E-state index in [2.05, 4.69) is 36.2 Å². The molecular weight excluding hydrogens is 224 g/mol. The molecule has 2 rings (SSSR count). The first-order valence-electron chi connectivity index (χ1n) is 6.13. The summed E-state index contributed by atoms with van der Waals surface area (Å²) in [5.41, 5.74) is 3.22. The zero-order chi connectivity index (χ0) is 13.0. The largest absolute Gasteiger partial charge is 0.392 e. The number of pyridine rings is 1. The van der Waals surface area contributed by atoms with E-state index in [0.29, 0.717) is 0 Å². The summed E-state index contributed by atoms with van der Waals surface area (Å²) in [4.78, 5) is 6.33. The fourth-order valence-electron chi connectivity index (χ4n) is 1.93. The Labute approximate surface area is 108 Å². The number of benzene rings is 1. The van der Waals surface area contributed by atoms with Crippen molar-refractivity contribution in [1.82, 2.24) is 4.98 Å². The van der Waals surface area contributed by atoms with Crippen molar-refractivity contribution in [3.8, 4) is 0 Å². The maximum absolute atomic E-state index is 9.33. The SMILES string of the molecule is CCc1ccc(N(C)c2ncccc2CO)cc1. The number of nitrogens with zero attached hydrogens (tertiary/aromatic N) is 2.